The van der Waals surface area contributed by atoms with Gasteiger partial charge in [0.25, 0.3) is 5.22 Å². The van der Waals surface area contributed by atoms with E-state index in [9.17, 15) is 0 Å². The smallest absolute Gasteiger partial charge is 0.276 e. The van der Waals surface area contributed by atoms with Gasteiger partial charge < -0.3 is 10.2 Å². The van der Waals surface area contributed by atoms with Gasteiger partial charge in [-0.05, 0) is 13.0 Å². The van der Waals surface area contributed by atoms with Crippen molar-refractivity contribution in [2.45, 2.75) is 31.4 Å². The van der Waals surface area contributed by atoms with Gasteiger partial charge in [0.15, 0.2) is 0 Å². The van der Waals surface area contributed by atoms with E-state index in [4.69, 9.17) is 10.2 Å². The zero-order valence-electron chi connectivity index (χ0n) is 7.99. The van der Waals surface area contributed by atoms with Crippen LogP contribution in [0.15, 0.2) is 9.64 Å². The van der Waals surface area contributed by atoms with Gasteiger partial charge in [0.1, 0.15) is 0 Å². The minimum Gasteiger partial charge on any atom is -0.416 e. The molecule has 0 unspecified atom stereocenters. The maximum absolute atomic E-state index is 5.39. The first kappa shape index (κ1) is 10.5. The van der Waals surface area contributed by atoms with Gasteiger partial charge in [-0.2, -0.15) is 0 Å². The third-order valence-electron chi connectivity index (χ3n) is 1.49. The van der Waals surface area contributed by atoms with Crippen molar-refractivity contribution in [1.82, 2.24) is 10.2 Å². The summed E-state index contributed by atoms with van der Waals surface area (Å²) in [7, 11) is 0. The SMILES string of the molecule is CC(C)c1nnc(SCCCN)o1. The quantitative estimate of drug-likeness (QED) is 0.579. The van der Waals surface area contributed by atoms with Crippen molar-refractivity contribution >= 4 is 11.8 Å². The molecular formula is C8H15N3OS. The molecule has 1 aromatic heterocycles. The lowest BCUT2D eigenvalue weighted by Gasteiger charge is -1.94. The molecule has 0 saturated heterocycles. The largest absolute Gasteiger partial charge is 0.416 e. The molecule has 0 aliphatic heterocycles. The molecule has 1 rings (SSSR count). The van der Waals surface area contributed by atoms with E-state index in [1.165, 1.54) is 0 Å². The lowest BCUT2D eigenvalue weighted by molar-refractivity contribution is 0.398. The second-order valence-electron chi connectivity index (χ2n) is 3.05. The van der Waals surface area contributed by atoms with E-state index in [0.717, 1.165) is 12.2 Å². The fraction of sp³-hybridized carbons (Fsp3) is 0.750. The number of thioether (sulfide) groups is 1. The van der Waals surface area contributed by atoms with Crippen LogP contribution in [0.5, 0.6) is 0 Å². The molecule has 1 heterocycles. The fourth-order valence-electron chi connectivity index (χ4n) is 0.755. The van der Waals surface area contributed by atoms with Crippen LogP contribution < -0.4 is 5.73 Å². The van der Waals surface area contributed by atoms with Crippen molar-refractivity contribution in [3.63, 3.8) is 0 Å². The van der Waals surface area contributed by atoms with E-state index in [1.807, 2.05) is 13.8 Å². The summed E-state index contributed by atoms with van der Waals surface area (Å²) >= 11 is 1.56. The lowest BCUT2D eigenvalue weighted by Crippen LogP contribution is -1.99. The average Bonchev–Trinajstić information content (AvgIpc) is 2.53. The zero-order valence-corrected chi connectivity index (χ0v) is 8.80. The van der Waals surface area contributed by atoms with E-state index in [0.29, 0.717) is 23.6 Å². The Morgan fingerprint density at radius 3 is 2.77 bits per heavy atom. The average molecular weight is 201 g/mol. The molecule has 0 bridgehead atoms. The summed E-state index contributed by atoms with van der Waals surface area (Å²) in [5, 5.41) is 8.49. The fourth-order valence-corrected chi connectivity index (χ4v) is 1.48. The first-order valence-corrected chi connectivity index (χ1v) is 5.39. The summed E-state index contributed by atoms with van der Waals surface area (Å²) < 4.78 is 5.39. The van der Waals surface area contributed by atoms with E-state index in [2.05, 4.69) is 10.2 Å². The molecule has 1 aromatic rings. The Balaban J connectivity index is 2.40. The lowest BCUT2D eigenvalue weighted by atomic mass is 10.2. The molecule has 13 heavy (non-hydrogen) atoms. The molecule has 74 valence electrons. The Morgan fingerprint density at radius 2 is 2.23 bits per heavy atom. The van der Waals surface area contributed by atoms with Gasteiger partial charge in [-0.3, -0.25) is 0 Å². The first-order valence-electron chi connectivity index (χ1n) is 4.40. The molecule has 4 nitrogen and oxygen atoms in total. The standard InChI is InChI=1S/C8H15N3OS/c1-6(2)7-10-11-8(12-7)13-5-3-4-9/h6H,3-5,9H2,1-2H3. The normalized spacial score (nSPS) is 11.1. The summed E-state index contributed by atoms with van der Waals surface area (Å²) in [4.78, 5) is 0. The highest BCUT2D eigenvalue weighted by molar-refractivity contribution is 7.99. The number of hydrogen-bond donors (Lipinski definition) is 1. The molecule has 0 aliphatic carbocycles. The molecule has 0 saturated carbocycles. The van der Waals surface area contributed by atoms with Crippen molar-refractivity contribution < 1.29 is 4.42 Å². The number of nitrogens with zero attached hydrogens (tertiary/aromatic N) is 2. The maximum atomic E-state index is 5.39. The van der Waals surface area contributed by atoms with Crippen LogP contribution in [0.3, 0.4) is 0 Å². The van der Waals surface area contributed by atoms with E-state index >= 15 is 0 Å². The maximum Gasteiger partial charge on any atom is 0.276 e. The molecule has 0 amide bonds. The molecule has 5 heteroatoms. The summed E-state index contributed by atoms with van der Waals surface area (Å²) in [6.45, 7) is 4.77. The molecular weight excluding hydrogens is 186 g/mol. The minimum absolute atomic E-state index is 0.302. The number of nitrogens with two attached hydrogens (primary N) is 1. The number of aromatic nitrogens is 2. The van der Waals surface area contributed by atoms with Crippen molar-refractivity contribution in [1.29, 1.82) is 0 Å². The highest BCUT2D eigenvalue weighted by atomic mass is 32.2. The highest BCUT2D eigenvalue weighted by Crippen LogP contribution is 2.20. The number of hydrogen-bond acceptors (Lipinski definition) is 5. The minimum atomic E-state index is 0.302. The summed E-state index contributed by atoms with van der Waals surface area (Å²) in [5.41, 5.74) is 5.37. The molecule has 0 spiro atoms. The van der Waals surface area contributed by atoms with Crippen LogP contribution in [-0.4, -0.2) is 22.5 Å². The van der Waals surface area contributed by atoms with Crippen LogP contribution in [0.4, 0.5) is 0 Å². The van der Waals surface area contributed by atoms with Crippen LogP contribution in [-0.2, 0) is 0 Å². The van der Waals surface area contributed by atoms with E-state index < -0.39 is 0 Å². The molecule has 0 fully saturated rings. The summed E-state index contributed by atoms with van der Waals surface area (Å²) in [5.74, 6) is 1.95. The van der Waals surface area contributed by atoms with Crippen molar-refractivity contribution in [2.24, 2.45) is 5.73 Å². The Labute approximate surface area is 82.3 Å². The van der Waals surface area contributed by atoms with Gasteiger partial charge in [0.05, 0.1) is 0 Å². The monoisotopic (exact) mass is 201 g/mol. The van der Waals surface area contributed by atoms with Crippen molar-refractivity contribution in [2.75, 3.05) is 12.3 Å². The molecule has 0 atom stereocenters. The van der Waals surface area contributed by atoms with E-state index in [-0.39, 0.29) is 0 Å². The predicted octanol–water partition coefficient (Wildman–Crippen LogP) is 1.63. The zero-order chi connectivity index (χ0) is 9.68. The topological polar surface area (TPSA) is 64.9 Å². The van der Waals surface area contributed by atoms with Gasteiger partial charge in [-0.25, -0.2) is 0 Å². The Kier molecular flexibility index (Phi) is 4.24. The van der Waals surface area contributed by atoms with Crippen LogP contribution in [0.25, 0.3) is 0 Å². The molecule has 0 aromatic carbocycles. The van der Waals surface area contributed by atoms with Gasteiger partial charge in [0, 0.05) is 11.7 Å². The van der Waals surface area contributed by atoms with Crippen LogP contribution in [0.1, 0.15) is 32.1 Å². The third kappa shape index (κ3) is 3.36. The third-order valence-corrected chi connectivity index (χ3v) is 2.39. The second kappa shape index (κ2) is 5.24. The molecule has 0 aliphatic rings. The highest BCUT2D eigenvalue weighted by Gasteiger charge is 2.08. The van der Waals surface area contributed by atoms with Gasteiger partial charge in [-0.1, -0.05) is 25.6 Å². The predicted molar refractivity (Wildman–Crippen MR) is 52.8 cm³/mol. The van der Waals surface area contributed by atoms with Crippen molar-refractivity contribution in [3.05, 3.63) is 5.89 Å². The first-order chi connectivity index (χ1) is 6.24. The van der Waals surface area contributed by atoms with Gasteiger partial charge in [-0.15, -0.1) is 10.2 Å². The van der Waals surface area contributed by atoms with Crippen LogP contribution >= 0.6 is 11.8 Å². The van der Waals surface area contributed by atoms with Crippen LogP contribution in [0, 0.1) is 0 Å². The van der Waals surface area contributed by atoms with Crippen LogP contribution in [0.2, 0.25) is 0 Å². The van der Waals surface area contributed by atoms with E-state index in [1.54, 1.807) is 11.8 Å². The van der Waals surface area contributed by atoms with Gasteiger partial charge >= 0.3 is 0 Å². The Bertz CT molecular complexity index is 249. The second-order valence-corrected chi connectivity index (χ2v) is 4.10. The summed E-state index contributed by atoms with van der Waals surface area (Å²) in [6, 6.07) is 0. The van der Waals surface area contributed by atoms with Gasteiger partial charge in [0.2, 0.25) is 5.89 Å². The summed E-state index contributed by atoms with van der Waals surface area (Å²) in [6.07, 6.45) is 0.976. The Hall–Kier alpha value is -0.550. The molecule has 2 N–H and O–H groups in total. The van der Waals surface area contributed by atoms with Crippen molar-refractivity contribution in [3.8, 4) is 0 Å². The Morgan fingerprint density at radius 1 is 1.46 bits per heavy atom. The number of rotatable bonds is 5. The molecule has 0 radical (unpaired) electrons.